The van der Waals surface area contributed by atoms with Crippen LogP contribution in [-0.4, -0.2) is 21.0 Å². The molecule has 0 unspecified atom stereocenters. The molecule has 2 aromatic rings. The number of hydrogen-bond donors (Lipinski definition) is 2. The number of rotatable bonds is 4. The van der Waals surface area contributed by atoms with Crippen LogP contribution in [0.2, 0.25) is 5.02 Å². The summed E-state index contributed by atoms with van der Waals surface area (Å²) in [6.45, 7) is 0. The van der Waals surface area contributed by atoms with Gasteiger partial charge < -0.3 is 10.1 Å². The molecule has 0 aliphatic carbocycles. The molecular weight excluding hydrogens is 240 g/mol. The second-order valence-corrected chi connectivity index (χ2v) is 4.10. The third-order valence-corrected chi connectivity index (χ3v) is 2.57. The lowest BCUT2D eigenvalue weighted by Gasteiger charge is -1.97. The Morgan fingerprint density at radius 2 is 2.29 bits per heavy atom. The maximum absolute atomic E-state index is 10.4. The van der Waals surface area contributed by atoms with Crippen LogP contribution in [0.15, 0.2) is 30.5 Å². The van der Waals surface area contributed by atoms with Crippen LogP contribution in [0.1, 0.15) is 12.1 Å². The fourth-order valence-electron chi connectivity index (χ4n) is 1.51. The van der Waals surface area contributed by atoms with E-state index in [2.05, 4.69) is 9.97 Å². The summed E-state index contributed by atoms with van der Waals surface area (Å²) in [6.07, 6.45) is 2.19. The summed E-state index contributed by atoms with van der Waals surface area (Å²) >= 11 is 5.88. The van der Waals surface area contributed by atoms with Crippen molar-refractivity contribution in [2.24, 2.45) is 0 Å². The van der Waals surface area contributed by atoms with Gasteiger partial charge in [-0.1, -0.05) is 23.7 Å². The summed E-state index contributed by atoms with van der Waals surface area (Å²) in [7, 11) is 0. The van der Waals surface area contributed by atoms with E-state index in [-0.39, 0.29) is 6.42 Å². The number of benzene rings is 1. The van der Waals surface area contributed by atoms with Crippen molar-refractivity contribution in [2.75, 3.05) is 0 Å². The molecular formula is C12H11ClN2O2. The second-order valence-electron chi connectivity index (χ2n) is 3.66. The SMILES string of the molecule is O=C(O)CCc1cnc(-c2cccc(Cl)c2)[nH]1. The van der Waals surface area contributed by atoms with E-state index < -0.39 is 5.97 Å². The zero-order valence-corrected chi connectivity index (χ0v) is 9.74. The number of nitrogens with zero attached hydrogens (tertiary/aromatic N) is 1. The molecule has 0 bridgehead atoms. The Labute approximate surface area is 103 Å². The Bertz CT molecular complexity index is 537. The van der Waals surface area contributed by atoms with Gasteiger partial charge >= 0.3 is 5.97 Å². The molecule has 5 heteroatoms. The molecule has 2 rings (SSSR count). The first-order valence-corrected chi connectivity index (χ1v) is 5.54. The number of nitrogens with one attached hydrogen (secondary N) is 1. The van der Waals surface area contributed by atoms with Gasteiger partial charge in [0.1, 0.15) is 5.82 Å². The molecule has 0 fully saturated rings. The Morgan fingerprint density at radius 3 is 3.00 bits per heavy atom. The minimum Gasteiger partial charge on any atom is -0.481 e. The van der Waals surface area contributed by atoms with Crippen LogP contribution in [-0.2, 0) is 11.2 Å². The number of halogens is 1. The first kappa shape index (κ1) is 11.7. The largest absolute Gasteiger partial charge is 0.481 e. The van der Waals surface area contributed by atoms with Crippen molar-refractivity contribution < 1.29 is 9.90 Å². The van der Waals surface area contributed by atoms with Crippen LogP contribution in [0.25, 0.3) is 11.4 Å². The van der Waals surface area contributed by atoms with Gasteiger partial charge in [0.15, 0.2) is 0 Å². The molecule has 0 atom stereocenters. The zero-order chi connectivity index (χ0) is 12.3. The van der Waals surface area contributed by atoms with Crippen LogP contribution >= 0.6 is 11.6 Å². The molecule has 0 aliphatic heterocycles. The molecule has 2 N–H and O–H groups in total. The Hall–Kier alpha value is -1.81. The number of hydrogen-bond acceptors (Lipinski definition) is 2. The summed E-state index contributed by atoms with van der Waals surface area (Å²) in [5, 5.41) is 9.23. The highest BCUT2D eigenvalue weighted by Gasteiger charge is 2.05. The minimum atomic E-state index is -0.816. The molecule has 0 aliphatic rings. The van der Waals surface area contributed by atoms with Crippen molar-refractivity contribution in [3.05, 3.63) is 41.2 Å². The Balaban J connectivity index is 2.15. The van der Waals surface area contributed by atoms with E-state index in [4.69, 9.17) is 16.7 Å². The average molecular weight is 251 g/mol. The lowest BCUT2D eigenvalue weighted by Crippen LogP contribution is -1.97. The number of carbonyl (C=O) groups is 1. The van der Waals surface area contributed by atoms with E-state index in [0.717, 1.165) is 11.3 Å². The van der Waals surface area contributed by atoms with Gasteiger partial charge in [0.2, 0.25) is 0 Å². The quantitative estimate of drug-likeness (QED) is 0.877. The molecule has 1 aromatic carbocycles. The maximum atomic E-state index is 10.4. The molecule has 88 valence electrons. The highest BCUT2D eigenvalue weighted by molar-refractivity contribution is 6.30. The Kier molecular flexibility index (Phi) is 3.44. The number of aryl methyl sites for hydroxylation is 1. The van der Waals surface area contributed by atoms with E-state index in [1.165, 1.54) is 0 Å². The van der Waals surface area contributed by atoms with E-state index >= 15 is 0 Å². The first-order valence-electron chi connectivity index (χ1n) is 5.17. The number of imidazole rings is 1. The van der Waals surface area contributed by atoms with Gasteiger partial charge in [-0.05, 0) is 18.6 Å². The molecule has 4 nitrogen and oxygen atoms in total. The van der Waals surface area contributed by atoms with E-state index in [0.29, 0.717) is 17.3 Å². The van der Waals surface area contributed by atoms with E-state index in [1.807, 2.05) is 12.1 Å². The van der Waals surface area contributed by atoms with Gasteiger partial charge in [-0.2, -0.15) is 0 Å². The van der Waals surface area contributed by atoms with Crippen molar-refractivity contribution in [2.45, 2.75) is 12.8 Å². The number of aromatic nitrogens is 2. The van der Waals surface area contributed by atoms with Crippen molar-refractivity contribution in [3.63, 3.8) is 0 Å². The van der Waals surface area contributed by atoms with Gasteiger partial charge in [0.05, 0.1) is 6.42 Å². The summed E-state index contributed by atoms with van der Waals surface area (Å²) in [5.74, 6) is -0.114. The zero-order valence-electron chi connectivity index (χ0n) is 8.98. The van der Waals surface area contributed by atoms with Gasteiger partial charge in [0, 0.05) is 22.5 Å². The standard InChI is InChI=1S/C12H11ClN2O2/c13-9-3-1-2-8(6-9)12-14-7-10(15-12)4-5-11(16)17/h1-3,6-7H,4-5H2,(H,14,15)(H,16,17). The highest BCUT2D eigenvalue weighted by Crippen LogP contribution is 2.20. The maximum Gasteiger partial charge on any atom is 0.303 e. The smallest absolute Gasteiger partial charge is 0.303 e. The molecule has 0 spiro atoms. The van der Waals surface area contributed by atoms with Gasteiger partial charge in [-0.15, -0.1) is 0 Å². The normalized spacial score (nSPS) is 10.4. The summed E-state index contributed by atoms with van der Waals surface area (Å²) < 4.78 is 0. The topological polar surface area (TPSA) is 66.0 Å². The van der Waals surface area contributed by atoms with E-state index in [9.17, 15) is 4.79 Å². The fourth-order valence-corrected chi connectivity index (χ4v) is 1.70. The van der Waals surface area contributed by atoms with E-state index in [1.54, 1.807) is 18.3 Å². The molecule has 0 saturated carbocycles. The summed E-state index contributed by atoms with van der Waals surface area (Å²) in [6, 6.07) is 7.34. The summed E-state index contributed by atoms with van der Waals surface area (Å²) in [4.78, 5) is 17.7. The first-order chi connectivity index (χ1) is 8.15. The van der Waals surface area contributed by atoms with Crippen LogP contribution < -0.4 is 0 Å². The molecule has 1 heterocycles. The van der Waals surface area contributed by atoms with Crippen LogP contribution in [0.5, 0.6) is 0 Å². The number of carboxylic acids is 1. The van der Waals surface area contributed by atoms with Crippen molar-refractivity contribution in [1.82, 2.24) is 9.97 Å². The molecule has 0 saturated heterocycles. The predicted octanol–water partition coefficient (Wildman–Crippen LogP) is 2.75. The molecule has 17 heavy (non-hydrogen) atoms. The molecule has 0 radical (unpaired) electrons. The second kappa shape index (κ2) is 5.01. The lowest BCUT2D eigenvalue weighted by atomic mass is 10.2. The third-order valence-electron chi connectivity index (χ3n) is 2.33. The highest BCUT2D eigenvalue weighted by atomic mass is 35.5. The fraction of sp³-hybridized carbons (Fsp3) is 0.167. The number of carboxylic acid groups (broad SMARTS) is 1. The number of H-pyrrole nitrogens is 1. The van der Waals surface area contributed by atoms with Crippen molar-refractivity contribution in [1.29, 1.82) is 0 Å². The van der Waals surface area contributed by atoms with Crippen LogP contribution in [0.4, 0.5) is 0 Å². The van der Waals surface area contributed by atoms with Crippen molar-refractivity contribution in [3.8, 4) is 11.4 Å². The Morgan fingerprint density at radius 1 is 1.47 bits per heavy atom. The van der Waals surface area contributed by atoms with Crippen LogP contribution in [0.3, 0.4) is 0 Å². The predicted molar refractivity (Wildman–Crippen MR) is 65.0 cm³/mol. The van der Waals surface area contributed by atoms with Crippen LogP contribution in [0, 0.1) is 0 Å². The molecule has 0 amide bonds. The minimum absolute atomic E-state index is 0.0944. The summed E-state index contributed by atoms with van der Waals surface area (Å²) in [5.41, 5.74) is 1.70. The van der Waals surface area contributed by atoms with Gasteiger partial charge in [-0.25, -0.2) is 4.98 Å². The lowest BCUT2D eigenvalue weighted by molar-refractivity contribution is -0.136. The van der Waals surface area contributed by atoms with Gasteiger partial charge in [-0.3, -0.25) is 4.79 Å². The number of aliphatic carboxylic acids is 1. The number of aromatic amines is 1. The van der Waals surface area contributed by atoms with Crippen molar-refractivity contribution >= 4 is 17.6 Å². The van der Waals surface area contributed by atoms with Gasteiger partial charge in [0.25, 0.3) is 0 Å². The molecule has 1 aromatic heterocycles. The monoisotopic (exact) mass is 250 g/mol. The average Bonchev–Trinajstić information content (AvgIpc) is 2.75. The third kappa shape index (κ3) is 3.07.